The van der Waals surface area contributed by atoms with Crippen LogP contribution in [0.1, 0.15) is 24.8 Å². The van der Waals surface area contributed by atoms with Gasteiger partial charge in [-0.15, -0.1) is 0 Å². The highest BCUT2D eigenvalue weighted by molar-refractivity contribution is 5.74. The molecule has 2 fully saturated rings. The SMILES string of the molecule is O=C(NCCc1ccc(-n2cccn2)cc1)N[C@@H]1CCO[C@H]1C1CC1. The lowest BCUT2D eigenvalue weighted by atomic mass is 10.1. The van der Waals surface area contributed by atoms with Crippen LogP contribution in [0.15, 0.2) is 42.7 Å². The third-order valence-electron chi connectivity index (χ3n) is 4.94. The van der Waals surface area contributed by atoms with Crippen molar-refractivity contribution in [1.82, 2.24) is 20.4 Å². The van der Waals surface area contributed by atoms with E-state index in [9.17, 15) is 4.79 Å². The second-order valence-corrected chi connectivity index (χ2v) is 6.84. The van der Waals surface area contributed by atoms with Gasteiger partial charge in [-0.2, -0.15) is 5.10 Å². The fourth-order valence-electron chi connectivity index (χ4n) is 3.43. The van der Waals surface area contributed by atoms with E-state index in [2.05, 4.69) is 27.9 Å². The minimum Gasteiger partial charge on any atom is -0.376 e. The molecule has 2 N–H and O–H groups in total. The van der Waals surface area contributed by atoms with Crippen LogP contribution >= 0.6 is 0 Å². The highest BCUT2D eigenvalue weighted by Gasteiger charge is 2.41. The van der Waals surface area contributed by atoms with E-state index in [1.54, 1.807) is 6.20 Å². The van der Waals surface area contributed by atoms with Gasteiger partial charge in [-0.1, -0.05) is 12.1 Å². The summed E-state index contributed by atoms with van der Waals surface area (Å²) in [6.45, 7) is 1.38. The van der Waals surface area contributed by atoms with Crippen molar-refractivity contribution in [2.75, 3.05) is 13.2 Å². The number of benzene rings is 1. The van der Waals surface area contributed by atoms with Gasteiger partial charge in [0.15, 0.2) is 0 Å². The van der Waals surface area contributed by atoms with E-state index in [-0.39, 0.29) is 18.2 Å². The molecule has 25 heavy (non-hydrogen) atoms. The van der Waals surface area contributed by atoms with Crippen LogP contribution in [0.25, 0.3) is 5.69 Å². The second kappa shape index (κ2) is 7.27. The molecule has 2 atom stereocenters. The molecule has 132 valence electrons. The van der Waals surface area contributed by atoms with Gasteiger partial charge in [-0.05, 0) is 55.4 Å². The fourth-order valence-corrected chi connectivity index (χ4v) is 3.43. The first kappa shape index (κ1) is 16.1. The van der Waals surface area contributed by atoms with E-state index in [0.29, 0.717) is 12.5 Å². The highest BCUT2D eigenvalue weighted by Crippen LogP contribution is 2.38. The molecule has 2 amide bonds. The van der Waals surface area contributed by atoms with Crippen LogP contribution in [0.5, 0.6) is 0 Å². The molecule has 1 aliphatic carbocycles. The van der Waals surface area contributed by atoms with Crippen molar-refractivity contribution in [2.45, 2.75) is 37.8 Å². The first-order valence-electron chi connectivity index (χ1n) is 9.04. The molecule has 0 spiro atoms. The molecular formula is C19H24N4O2. The van der Waals surface area contributed by atoms with Crippen molar-refractivity contribution in [3.05, 3.63) is 48.3 Å². The Labute approximate surface area is 147 Å². The quantitative estimate of drug-likeness (QED) is 0.848. The van der Waals surface area contributed by atoms with E-state index < -0.39 is 0 Å². The van der Waals surface area contributed by atoms with Crippen LogP contribution in [-0.4, -0.2) is 41.1 Å². The summed E-state index contributed by atoms with van der Waals surface area (Å²) in [6.07, 6.45) is 8.10. The Morgan fingerprint density at radius 1 is 1.24 bits per heavy atom. The van der Waals surface area contributed by atoms with Gasteiger partial charge in [0, 0.05) is 25.5 Å². The Morgan fingerprint density at radius 2 is 2.08 bits per heavy atom. The van der Waals surface area contributed by atoms with Crippen LogP contribution in [0.2, 0.25) is 0 Å². The van der Waals surface area contributed by atoms with Crippen molar-refractivity contribution in [2.24, 2.45) is 5.92 Å². The lowest BCUT2D eigenvalue weighted by molar-refractivity contribution is 0.0825. The Bertz CT molecular complexity index is 695. The molecule has 0 bridgehead atoms. The Kier molecular flexibility index (Phi) is 4.70. The summed E-state index contributed by atoms with van der Waals surface area (Å²) in [6, 6.07) is 10.2. The summed E-state index contributed by atoms with van der Waals surface area (Å²) in [5, 5.41) is 10.2. The van der Waals surface area contributed by atoms with Gasteiger partial charge < -0.3 is 15.4 Å². The molecule has 4 rings (SSSR count). The summed E-state index contributed by atoms with van der Waals surface area (Å²) in [5.74, 6) is 0.654. The van der Waals surface area contributed by atoms with E-state index in [1.165, 1.54) is 18.4 Å². The van der Waals surface area contributed by atoms with E-state index >= 15 is 0 Å². The molecule has 0 unspecified atom stereocenters. The van der Waals surface area contributed by atoms with Crippen LogP contribution in [0, 0.1) is 5.92 Å². The summed E-state index contributed by atoms with van der Waals surface area (Å²) in [7, 11) is 0. The topological polar surface area (TPSA) is 68.2 Å². The molecule has 2 aromatic rings. The molecule has 2 heterocycles. The highest BCUT2D eigenvalue weighted by atomic mass is 16.5. The zero-order valence-electron chi connectivity index (χ0n) is 14.2. The molecular weight excluding hydrogens is 316 g/mol. The van der Waals surface area contributed by atoms with Crippen LogP contribution in [0.4, 0.5) is 4.79 Å². The number of ether oxygens (including phenoxy) is 1. The van der Waals surface area contributed by atoms with Crippen LogP contribution < -0.4 is 10.6 Å². The molecule has 1 aromatic carbocycles. The lowest BCUT2D eigenvalue weighted by Crippen LogP contribution is -2.46. The van der Waals surface area contributed by atoms with E-state index in [1.807, 2.05) is 29.1 Å². The van der Waals surface area contributed by atoms with Gasteiger partial charge in [-0.3, -0.25) is 0 Å². The average molecular weight is 340 g/mol. The predicted octanol–water partition coefficient (Wildman–Crippen LogP) is 2.28. The average Bonchev–Trinajstić information content (AvgIpc) is 3.12. The first-order chi connectivity index (χ1) is 12.3. The van der Waals surface area contributed by atoms with Gasteiger partial charge in [0.05, 0.1) is 17.8 Å². The number of rotatable bonds is 6. The molecule has 6 heteroatoms. The Balaban J connectivity index is 1.21. The molecule has 1 saturated heterocycles. The number of nitrogens with one attached hydrogen (secondary N) is 2. The number of carbonyl (C=O) groups is 1. The molecule has 1 aliphatic heterocycles. The number of amides is 2. The maximum atomic E-state index is 12.1. The number of hydrogen-bond acceptors (Lipinski definition) is 3. The first-order valence-corrected chi connectivity index (χ1v) is 9.04. The molecule has 1 aromatic heterocycles. The summed E-state index contributed by atoms with van der Waals surface area (Å²) in [4.78, 5) is 12.1. The number of nitrogens with zero attached hydrogens (tertiary/aromatic N) is 2. The maximum absolute atomic E-state index is 12.1. The van der Waals surface area contributed by atoms with Crippen molar-refractivity contribution in [3.63, 3.8) is 0 Å². The minimum absolute atomic E-state index is 0.0886. The normalized spacial score (nSPS) is 22.7. The third kappa shape index (κ3) is 4.02. The van der Waals surface area contributed by atoms with Crippen LogP contribution in [0.3, 0.4) is 0 Å². The molecule has 2 aliphatic rings. The van der Waals surface area contributed by atoms with Gasteiger partial charge in [0.1, 0.15) is 0 Å². The Hall–Kier alpha value is -2.34. The third-order valence-corrected chi connectivity index (χ3v) is 4.94. The van der Waals surface area contributed by atoms with Gasteiger partial charge >= 0.3 is 6.03 Å². The molecule has 1 saturated carbocycles. The van der Waals surface area contributed by atoms with Gasteiger partial charge in [-0.25, -0.2) is 9.48 Å². The lowest BCUT2D eigenvalue weighted by Gasteiger charge is -2.19. The fraction of sp³-hybridized carbons (Fsp3) is 0.474. The number of hydrogen-bond donors (Lipinski definition) is 2. The van der Waals surface area contributed by atoms with Crippen molar-refractivity contribution in [1.29, 1.82) is 0 Å². The van der Waals surface area contributed by atoms with Crippen LogP contribution in [-0.2, 0) is 11.2 Å². The summed E-state index contributed by atoms with van der Waals surface area (Å²) >= 11 is 0. The van der Waals surface area contributed by atoms with E-state index in [0.717, 1.165) is 25.1 Å². The largest absolute Gasteiger partial charge is 0.376 e. The standard InChI is InChI=1S/C19H24N4O2/c24-19(22-17-9-13-25-18(17)15-4-5-15)20-11-8-14-2-6-16(7-3-14)23-12-1-10-21-23/h1-3,6-7,10,12,15,17-18H,4-5,8-9,11,13H2,(H2,20,22,24)/t17-,18+/m1/s1. The zero-order valence-corrected chi connectivity index (χ0v) is 14.2. The molecule has 6 nitrogen and oxygen atoms in total. The minimum atomic E-state index is -0.0886. The number of urea groups is 1. The maximum Gasteiger partial charge on any atom is 0.315 e. The monoisotopic (exact) mass is 340 g/mol. The molecule has 0 radical (unpaired) electrons. The Morgan fingerprint density at radius 3 is 2.80 bits per heavy atom. The summed E-state index contributed by atoms with van der Waals surface area (Å²) < 4.78 is 7.59. The second-order valence-electron chi connectivity index (χ2n) is 6.84. The van der Waals surface area contributed by atoms with Gasteiger partial charge in [0.2, 0.25) is 0 Å². The number of carbonyl (C=O) groups excluding carboxylic acids is 1. The van der Waals surface area contributed by atoms with Crippen molar-refractivity contribution in [3.8, 4) is 5.69 Å². The summed E-state index contributed by atoms with van der Waals surface area (Å²) in [5.41, 5.74) is 2.23. The van der Waals surface area contributed by atoms with E-state index in [4.69, 9.17) is 4.74 Å². The smallest absolute Gasteiger partial charge is 0.315 e. The van der Waals surface area contributed by atoms with Crippen molar-refractivity contribution < 1.29 is 9.53 Å². The van der Waals surface area contributed by atoms with Crippen molar-refractivity contribution >= 4 is 6.03 Å². The predicted molar refractivity (Wildman–Crippen MR) is 94.7 cm³/mol. The zero-order chi connectivity index (χ0) is 17.1. The van der Waals surface area contributed by atoms with Gasteiger partial charge in [0.25, 0.3) is 0 Å². The number of aromatic nitrogens is 2.